The highest BCUT2D eigenvalue weighted by Gasteiger charge is 2.24. The van der Waals surface area contributed by atoms with Gasteiger partial charge in [0.25, 0.3) is 0 Å². The number of nitrogens with one attached hydrogen (secondary N) is 1. The van der Waals surface area contributed by atoms with Crippen LogP contribution in [0.1, 0.15) is 73.1 Å². The number of hydrogen-bond donors (Lipinski definition) is 1. The van der Waals surface area contributed by atoms with Crippen LogP contribution in [-0.2, 0) is 0 Å². The minimum absolute atomic E-state index is 0.705. The predicted octanol–water partition coefficient (Wildman–Crippen LogP) is 4.62. The van der Waals surface area contributed by atoms with Crippen LogP contribution in [0.3, 0.4) is 0 Å². The monoisotopic (exact) mass is 239 g/mol. The van der Waals surface area contributed by atoms with Crippen molar-refractivity contribution >= 4 is 0 Å². The summed E-state index contributed by atoms with van der Waals surface area (Å²) in [4.78, 5) is 0. The highest BCUT2D eigenvalue weighted by atomic mass is 14.9. The Bertz CT molecular complexity index is 190. The summed E-state index contributed by atoms with van der Waals surface area (Å²) in [5.74, 6) is 2.69. The van der Waals surface area contributed by atoms with Crippen LogP contribution < -0.4 is 5.32 Å². The molecule has 0 radical (unpaired) electrons. The Balaban J connectivity index is 2.18. The largest absolute Gasteiger partial charge is 0.311 e. The second-order valence-corrected chi connectivity index (χ2v) is 7.01. The SMILES string of the molecule is CC(C)CCCC(C)NC1CC(C)CC(C)C1. The summed E-state index contributed by atoms with van der Waals surface area (Å²) in [6.45, 7) is 11.8. The lowest BCUT2D eigenvalue weighted by molar-refractivity contribution is 0.224. The highest BCUT2D eigenvalue weighted by molar-refractivity contribution is 4.81. The Hall–Kier alpha value is -0.0400. The average Bonchev–Trinajstić information content (AvgIpc) is 2.14. The summed E-state index contributed by atoms with van der Waals surface area (Å²) in [6, 6.07) is 1.49. The fourth-order valence-corrected chi connectivity index (χ4v) is 3.40. The summed E-state index contributed by atoms with van der Waals surface area (Å²) in [6.07, 6.45) is 8.31. The van der Waals surface area contributed by atoms with Crippen LogP contribution >= 0.6 is 0 Å². The molecule has 0 spiro atoms. The number of rotatable bonds is 6. The van der Waals surface area contributed by atoms with Crippen molar-refractivity contribution in [1.29, 1.82) is 0 Å². The molecule has 0 bridgehead atoms. The summed E-state index contributed by atoms with van der Waals surface area (Å²) in [5, 5.41) is 3.85. The van der Waals surface area contributed by atoms with E-state index in [1.54, 1.807) is 0 Å². The highest BCUT2D eigenvalue weighted by Crippen LogP contribution is 2.28. The van der Waals surface area contributed by atoms with E-state index in [0.717, 1.165) is 23.8 Å². The second-order valence-electron chi connectivity index (χ2n) is 7.01. The van der Waals surface area contributed by atoms with Crippen LogP contribution in [0.4, 0.5) is 0 Å². The van der Waals surface area contributed by atoms with Crippen LogP contribution in [-0.4, -0.2) is 12.1 Å². The minimum Gasteiger partial charge on any atom is -0.311 e. The second kappa shape index (κ2) is 7.41. The van der Waals surface area contributed by atoms with E-state index in [1.165, 1.54) is 38.5 Å². The van der Waals surface area contributed by atoms with Crippen molar-refractivity contribution in [3.05, 3.63) is 0 Å². The van der Waals surface area contributed by atoms with Crippen molar-refractivity contribution in [3.8, 4) is 0 Å². The Morgan fingerprint density at radius 1 is 0.941 bits per heavy atom. The zero-order valence-electron chi connectivity index (χ0n) is 12.6. The third-order valence-corrected chi connectivity index (χ3v) is 4.12. The molecule has 0 aromatic carbocycles. The Labute approximate surface area is 109 Å². The van der Waals surface area contributed by atoms with Gasteiger partial charge in [0.15, 0.2) is 0 Å². The molecule has 0 aromatic heterocycles. The summed E-state index contributed by atoms with van der Waals surface area (Å²) >= 11 is 0. The average molecular weight is 239 g/mol. The van der Waals surface area contributed by atoms with E-state index < -0.39 is 0 Å². The van der Waals surface area contributed by atoms with Gasteiger partial charge in [-0.25, -0.2) is 0 Å². The molecular formula is C16H33N. The molecule has 3 unspecified atom stereocenters. The molecular weight excluding hydrogens is 206 g/mol. The van der Waals surface area contributed by atoms with Gasteiger partial charge in [-0.05, 0) is 50.4 Å². The Morgan fingerprint density at radius 3 is 2.06 bits per heavy atom. The van der Waals surface area contributed by atoms with Crippen LogP contribution in [0.25, 0.3) is 0 Å². The van der Waals surface area contributed by atoms with Gasteiger partial charge in [-0.1, -0.05) is 40.5 Å². The van der Waals surface area contributed by atoms with E-state index in [0.29, 0.717) is 6.04 Å². The van der Waals surface area contributed by atoms with Gasteiger partial charge in [0.2, 0.25) is 0 Å². The molecule has 0 saturated heterocycles. The first-order valence-electron chi connectivity index (χ1n) is 7.73. The molecule has 1 nitrogen and oxygen atoms in total. The van der Waals surface area contributed by atoms with Crippen molar-refractivity contribution in [1.82, 2.24) is 5.32 Å². The Morgan fingerprint density at radius 2 is 1.53 bits per heavy atom. The topological polar surface area (TPSA) is 12.0 Å². The van der Waals surface area contributed by atoms with Gasteiger partial charge in [-0.2, -0.15) is 0 Å². The van der Waals surface area contributed by atoms with Gasteiger partial charge < -0.3 is 5.32 Å². The zero-order chi connectivity index (χ0) is 12.8. The first kappa shape index (κ1) is 15.0. The van der Waals surface area contributed by atoms with Gasteiger partial charge in [-0.3, -0.25) is 0 Å². The molecule has 1 N–H and O–H groups in total. The lowest BCUT2D eigenvalue weighted by Gasteiger charge is -2.34. The minimum atomic E-state index is 0.705. The molecule has 102 valence electrons. The van der Waals surface area contributed by atoms with Crippen molar-refractivity contribution in [3.63, 3.8) is 0 Å². The maximum absolute atomic E-state index is 3.85. The maximum atomic E-state index is 3.85. The van der Waals surface area contributed by atoms with Gasteiger partial charge >= 0.3 is 0 Å². The molecule has 1 saturated carbocycles. The van der Waals surface area contributed by atoms with Crippen molar-refractivity contribution in [2.45, 2.75) is 85.2 Å². The predicted molar refractivity (Wildman–Crippen MR) is 77.3 cm³/mol. The molecule has 0 aromatic rings. The van der Waals surface area contributed by atoms with Gasteiger partial charge in [0.05, 0.1) is 0 Å². The first-order valence-corrected chi connectivity index (χ1v) is 7.73. The van der Waals surface area contributed by atoms with Crippen LogP contribution in [0, 0.1) is 17.8 Å². The van der Waals surface area contributed by atoms with E-state index in [-0.39, 0.29) is 0 Å². The quantitative estimate of drug-likeness (QED) is 0.713. The van der Waals surface area contributed by atoms with E-state index in [9.17, 15) is 0 Å². The lowest BCUT2D eigenvalue weighted by Crippen LogP contribution is -2.41. The van der Waals surface area contributed by atoms with Crippen LogP contribution in [0.15, 0.2) is 0 Å². The van der Waals surface area contributed by atoms with Gasteiger partial charge in [0, 0.05) is 12.1 Å². The smallest absolute Gasteiger partial charge is 0.00746 e. The molecule has 0 heterocycles. The molecule has 17 heavy (non-hydrogen) atoms. The molecule has 1 heteroatoms. The molecule has 1 aliphatic rings. The zero-order valence-corrected chi connectivity index (χ0v) is 12.6. The van der Waals surface area contributed by atoms with Crippen molar-refractivity contribution in [2.24, 2.45) is 17.8 Å². The van der Waals surface area contributed by atoms with E-state index in [1.807, 2.05) is 0 Å². The first-order chi connectivity index (χ1) is 7.97. The summed E-state index contributed by atoms with van der Waals surface area (Å²) < 4.78 is 0. The lowest BCUT2D eigenvalue weighted by atomic mass is 9.80. The number of hydrogen-bond acceptors (Lipinski definition) is 1. The Kier molecular flexibility index (Phi) is 6.54. The van der Waals surface area contributed by atoms with Crippen molar-refractivity contribution < 1.29 is 0 Å². The fourth-order valence-electron chi connectivity index (χ4n) is 3.40. The standard InChI is InChI=1S/C16H33N/c1-12(2)7-6-8-15(5)17-16-10-13(3)9-14(4)11-16/h12-17H,6-11H2,1-5H3. The van der Waals surface area contributed by atoms with Gasteiger partial charge in [-0.15, -0.1) is 0 Å². The molecule has 1 rings (SSSR count). The molecule has 0 aliphatic heterocycles. The van der Waals surface area contributed by atoms with Crippen LogP contribution in [0.2, 0.25) is 0 Å². The molecule has 1 fully saturated rings. The molecule has 0 amide bonds. The maximum Gasteiger partial charge on any atom is 0.00746 e. The third-order valence-electron chi connectivity index (χ3n) is 4.12. The van der Waals surface area contributed by atoms with E-state index in [2.05, 4.69) is 39.9 Å². The van der Waals surface area contributed by atoms with E-state index in [4.69, 9.17) is 0 Å². The third kappa shape index (κ3) is 6.45. The van der Waals surface area contributed by atoms with Crippen molar-refractivity contribution in [2.75, 3.05) is 0 Å². The molecule has 3 atom stereocenters. The van der Waals surface area contributed by atoms with Gasteiger partial charge in [0.1, 0.15) is 0 Å². The normalized spacial score (nSPS) is 31.8. The summed E-state index contributed by atoms with van der Waals surface area (Å²) in [5.41, 5.74) is 0. The van der Waals surface area contributed by atoms with E-state index >= 15 is 0 Å². The molecule has 1 aliphatic carbocycles. The fraction of sp³-hybridized carbons (Fsp3) is 1.00. The van der Waals surface area contributed by atoms with Crippen LogP contribution in [0.5, 0.6) is 0 Å². The summed E-state index contributed by atoms with van der Waals surface area (Å²) in [7, 11) is 0.